The third-order valence-electron chi connectivity index (χ3n) is 4.94. The lowest BCUT2D eigenvalue weighted by atomic mass is 10.0. The van der Waals surface area contributed by atoms with E-state index in [-0.39, 0.29) is 5.56 Å². The molecule has 8 heteroatoms. The summed E-state index contributed by atoms with van der Waals surface area (Å²) in [5.41, 5.74) is 3.87. The van der Waals surface area contributed by atoms with Gasteiger partial charge in [-0.1, -0.05) is 25.1 Å². The van der Waals surface area contributed by atoms with Gasteiger partial charge in [-0.25, -0.2) is 9.55 Å². The minimum atomic E-state index is -4.68. The Balaban J connectivity index is 1.91. The van der Waals surface area contributed by atoms with E-state index in [1.54, 1.807) is 24.5 Å². The van der Waals surface area contributed by atoms with Crippen LogP contribution in [-0.2, 0) is 15.6 Å². The number of hydrogen-bond acceptors (Lipinski definition) is 4. The molecule has 1 aromatic carbocycles. The van der Waals surface area contributed by atoms with Gasteiger partial charge in [-0.3, -0.25) is 9.32 Å². The van der Waals surface area contributed by atoms with E-state index in [9.17, 15) is 19.1 Å². The third kappa shape index (κ3) is 3.13. The molecule has 0 saturated carbocycles. The lowest BCUT2D eigenvalue weighted by Gasteiger charge is -2.20. The van der Waals surface area contributed by atoms with Crippen LogP contribution in [0.5, 0.6) is 0 Å². The van der Waals surface area contributed by atoms with Crippen molar-refractivity contribution in [3.05, 3.63) is 63.4 Å². The second-order valence-corrected chi connectivity index (χ2v) is 7.87. The highest BCUT2D eigenvalue weighted by Gasteiger charge is 2.29. The number of phosphoric ester groups is 1. The van der Waals surface area contributed by atoms with Crippen LogP contribution < -0.4 is 5.56 Å². The first kappa shape index (κ1) is 18.1. The van der Waals surface area contributed by atoms with Crippen LogP contribution in [0.1, 0.15) is 36.1 Å². The maximum Gasteiger partial charge on any atom is 0.470 e. The Morgan fingerprint density at radius 2 is 2.04 bits per heavy atom. The first-order chi connectivity index (χ1) is 12.8. The number of fused-ring (bicyclic) bond motifs is 4. The van der Waals surface area contributed by atoms with Crippen LogP contribution in [0.2, 0.25) is 0 Å². The van der Waals surface area contributed by atoms with Gasteiger partial charge in [0.25, 0.3) is 5.56 Å². The zero-order valence-corrected chi connectivity index (χ0v) is 15.8. The predicted octanol–water partition coefficient (Wildman–Crippen LogP) is 3.29. The van der Waals surface area contributed by atoms with Crippen LogP contribution in [0.4, 0.5) is 0 Å². The molecule has 0 saturated heterocycles. The molecule has 7 nitrogen and oxygen atoms in total. The Hall–Kier alpha value is -2.31. The number of nitrogens with zero attached hydrogens (tertiary/aromatic N) is 2. The number of phosphoric acid groups is 1. The highest BCUT2D eigenvalue weighted by Crippen LogP contribution is 2.44. The van der Waals surface area contributed by atoms with Gasteiger partial charge in [0.2, 0.25) is 0 Å². The van der Waals surface area contributed by atoms with Gasteiger partial charge in [-0.05, 0) is 37.1 Å². The fraction of sp³-hybridized carbons (Fsp3) is 0.263. The zero-order valence-electron chi connectivity index (χ0n) is 14.9. The maximum atomic E-state index is 12.9. The number of hydrogen-bond donors (Lipinski definition) is 2. The van der Waals surface area contributed by atoms with Crippen molar-refractivity contribution < 1.29 is 18.9 Å². The summed E-state index contributed by atoms with van der Waals surface area (Å²) < 4.78 is 17.9. The number of para-hydroxylation sites is 1. The summed E-state index contributed by atoms with van der Waals surface area (Å²) in [6.45, 7) is 3.84. The molecular formula is C19H19N2O5P. The minimum absolute atomic E-state index is 0.197. The molecule has 0 radical (unpaired) electrons. The van der Waals surface area contributed by atoms with Gasteiger partial charge in [0.05, 0.1) is 29.6 Å². The van der Waals surface area contributed by atoms with E-state index in [1.807, 2.05) is 30.3 Å². The summed E-state index contributed by atoms with van der Waals surface area (Å²) in [6.07, 6.45) is -0.540. The molecule has 2 aromatic heterocycles. The molecule has 0 aliphatic carbocycles. The first-order valence-electron chi connectivity index (χ1n) is 8.66. The van der Waals surface area contributed by atoms with Crippen LogP contribution in [0.25, 0.3) is 22.3 Å². The monoisotopic (exact) mass is 386 g/mol. The second kappa shape index (κ2) is 6.39. The van der Waals surface area contributed by atoms with Crippen LogP contribution in [0.15, 0.2) is 41.2 Å². The van der Waals surface area contributed by atoms with Crippen LogP contribution in [-0.4, -0.2) is 19.3 Å². The summed E-state index contributed by atoms with van der Waals surface area (Å²) in [5.74, 6) is 0. The molecule has 0 fully saturated rings. The summed E-state index contributed by atoms with van der Waals surface area (Å²) in [6, 6.07) is 11.5. The Morgan fingerprint density at radius 3 is 2.74 bits per heavy atom. The molecular weight excluding hydrogens is 367 g/mol. The number of aromatic nitrogens is 2. The summed E-state index contributed by atoms with van der Waals surface area (Å²) in [5, 5.41) is 1.00. The van der Waals surface area contributed by atoms with E-state index >= 15 is 0 Å². The van der Waals surface area contributed by atoms with E-state index in [1.165, 1.54) is 0 Å². The van der Waals surface area contributed by atoms with Gasteiger partial charge >= 0.3 is 7.82 Å². The molecule has 1 unspecified atom stereocenters. The van der Waals surface area contributed by atoms with E-state index < -0.39 is 13.9 Å². The van der Waals surface area contributed by atoms with E-state index in [0.29, 0.717) is 29.8 Å². The highest BCUT2D eigenvalue weighted by atomic mass is 31.2. The number of pyridine rings is 2. The molecule has 4 rings (SSSR count). The number of rotatable bonds is 4. The molecule has 140 valence electrons. The Labute approximate surface area is 155 Å². The molecule has 1 atom stereocenters. The highest BCUT2D eigenvalue weighted by molar-refractivity contribution is 7.46. The molecule has 1 aliphatic rings. The van der Waals surface area contributed by atoms with E-state index in [0.717, 1.165) is 22.2 Å². The maximum absolute atomic E-state index is 12.9. The quantitative estimate of drug-likeness (QED) is 0.522. The van der Waals surface area contributed by atoms with Crippen molar-refractivity contribution in [1.29, 1.82) is 0 Å². The average molecular weight is 386 g/mol. The zero-order chi connectivity index (χ0) is 19.3. The molecule has 1 aliphatic heterocycles. The van der Waals surface area contributed by atoms with Crippen molar-refractivity contribution >= 4 is 18.7 Å². The lowest BCUT2D eigenvalue weighted by Crippen LogP contribution is -2.24. The minimum Gasteiger partial charge on any atom is -0.303 e. The largest absolute Gasteiger partial charge is 0.470 e. The standard InChI is InChI=1S/C19H19N2O5P/c1-3-17(26-27(23,24)25)14-9-16-18-13(10-21(16)19(22)11(14)2)8-12-6-4-5-7-15(12)20-18/h4-9,17H,3,10H2,1-2H3,(H2,23,24,25). The molecule has 2 N–H and O–H groups in total. The number of benzene rings is 1. The second-order valence-electron chi connectivity index (χ2n) is 6.68. The molecule has 27 heavy (non-hydrogen) atoms. The first-order valence-corrected chi connectivity index (χ1v) is 10.2. The van der Waals surface area contributed by atoms with E-state index in [4.69, 9.17) is 9.51 Å². The Morgan fingerprint density at radius 1 is 1.30 bits per heavy atom. The summed E-state index contributed by atoms with van der Waals surface area (Å²) >= 11 is 0. The molecule has 0 amide bonds. The molecule has 3 heterocycles. The summed E-state index contributed by atoms with van der Waals surface area (Å²) in [4.78, 5) is 36.0. The Kier molecular flexibility index (Phi) is 4.28. The smallest absolute Gasteiger partial charge is 0.303 e. The normalized spacial score (nSPS) is 14.2. The average Bonchev–Trinajstić information content (AvgIpc) is 2.98. The van der Waals surface area contributed by atoms with Crippen molar-refractivity contribution in [1.82, 2.24) is 9.55 Å². The van der Waals surface area contributed by atoms with E-state index in [2.05, 4.69) is 0 Å². The van der Waals surface area contributed by atoms with Gasteiger partial charge in [-0.2, -0.15) is 0 Å². The fourth-order valence-corrected chi connectivity index (χ4v) is 4.24. The van der Waals surface area contributed by atoms with Crippen molar-refractivity contribution in [2.45, 2.75) is 32.9 Å². The van der Waals surface area contributed by atoms with Crippen molar-refractivity contribution in [3.8, 4) is 11.4 Å². The van der Waals surface area contributed by atoms with Crippen molar-refractivity contribution in [2.24, 2.45) is 0 Å². The molecule has 0 spiro atoms. The van der Waals surface area contributed by atoms with Gasteiger partial charge < -0.3 is 14.4 Å². The van der Waals surface area contributed by atoms with Gasteiger partial charge in [0.15, 0.2) is 0 Å². The van der Waals surface area contributed by atoms with Gasteiger partial charge in [-0.15, -0.1) is 0 Å². The van der Waals surface area contributed by atoms with Crippen LogP contribution in [0, 0.1) is 6.92 Å². The third-order valence-corrected chi connectivity index (χ3v) is 5.47. The fourth-order valence-electron chi connectivity index (χ4n) is 3.65. The SMILES string of the molecule is CCC(OP(=O)(O)O)c1cc2n(c(=O)c1C)Cc1cc3ccccc3nc1-2. The van der Waals surface area contributed by atoms with Crippen molar-refractivity contribution in [3.63, 3.8) is 0 Å². The van der Waals surface area contributed by atoms with Crippen molar-refractivity contribution in [2.75, 3.05) is 0 Å². The predicted molar refractivity (Wildman–Crippen MR) is 101 cm³/mol. The van der Waals surface area contributed by atoms with Gasteiger partial charge in [0.1, 0.15) is 0 Å². The molecule has 0 bridgehead atoms. The topological polar surface area (TPSA) is 102 Å². The lowest BCUT2D eigenvalue weighted by molar-refractivity contribution is 0.130. The van der Waals surface area contributed by atoms with Crippen LogP contribution >= 0.6 is 7.82 Å². The summed E-state index contributed by atoms with van der Waals surface area (Å²) in [7, 11) is -4.68. The Bertz CT molecular complexity index is 1160. The van der Waals surface area contributed by atoms with Gasteiger partial charge in [0, 0.05) is 16.5 Å². The van der Waals surface area contributed by atoms with Crippen LogP contribution in [0.3, 0.4) is 0 Å². The molecule has 3 aromatic rings.